The number of imidazole rings is 1. The van der Waals surface area contributed by atoms with Crippen molar-refractivity contribution in [2.24, 2.45) is 0 Å². The summed E-state index contributed by atoms with van der Waals surface area (Å²) in [6, 6.07) is 4.09. The molecule has 1 fully saturated rings. The summed E-state index contributed by atoms with van der Waals surface area (Å²) in [4.78, 5) is 21.5. The zero-order valence-electron chi connectivity index (χ0n) is 14.6. The van der Waals surface area contributed by atoms with Crippen molar-refractivity contribution in [1.29, 1.82) is 0 Å². The van der Waals surface area contributed by atoms with Crippen LogP contribution in [0.25, 0.3) is 11.2 Å². The van der Waals surface area contributed by atoms with E-state index in [1.54, 1.807) is 6.20 Å². The highest BCUT2D eigenvalue weighted by Crippen LogP contribution is 2.21. The minimum atomic E-state index is 0.158. The van der Waals surface area contributed by atoms with E-state index in [2.05, 4.69) is 41.8 Å². The number of nitrogens with zero attached hydrogens (tertiary/aromatic N) is 6. The summed E-state index contributed by atoms with van der Waals surface area (Å²) < 4.78 is 5.39. The van der Waals surface area contributed by atoms with E-state index in [4.69, 9.17) is 4.52 Å². The lowest BCUT2D eigenvalue weighted by Gasteiger charge is -2.36. The van der Waals surface area contributed by atoms with Crippen LogP contribution in [0.4, 0.5) is 0 Å². The van der Waals surface area contributed by atoms with Gasteiger partial charge in [-0.25, -0.2) is 9.97 Å². The topological polar surface area (TPSA) is 87.0 Å². The first-order chi connectivity index (χ1) is 12.2. The maximum absolute atomic E-state index is 5.39. The molecular formula is C17H23N7O. The number of aromatic amines is 1. The molecule has 3 aromatic rings. The van der Waals surface area contributed by atoms with Crippen LogP contribution >= 0.6 is 0 Å². The molecule has 3 aromatic heterocycles. The molecule has 0 aliphatic carbocycles. The van der Waals surface area contributed by atoms with Gasteiger partial charge in [0.05, 0.1) is 18.1 Å². The van der Waals surface area contributed by atoms with Gasteiger partial charge in [0, 0.05) is 38.8 Å². The van der Waals surface area contributed by atoms with Crippen molar-refractivity contribution in [2.75, 3.05) is 26.2 Å². The largest absolute Gasteiger partial charge is 0.340 e. The molecule has 8 nitrogen and oxygen atoms in total. The van der Waals surface area contributed by atoms with Crippen LogP contribution in [-0.4, -0.2) is 61.1 Å². The van der Waals surface area contributed by atoms with Crippen LogP contribution in [0, 0.1) is 0 Å². The second kappa shape index (κ2) is 6.89. The average molecular weight is 341 g/mol. The molecule has 0 aromatic carbocycles. The Morgan fingerprint density at radius 2 is 2.08 bits per heavy atom. The number of aromatic nitrogens is 5. The minimum absolute atomic E-state index is 0.158. The predicted octanol–water partition coefficient (Wildman–Crippen LogP) is 1.78. The van der Waals surface area contributed by atoms with E-state index >= 15 is 0 Å². The number of hydrogen-bond acceptors (Lipinski definition) is 7. The summed E-state index contributed by atoms with van der Waals surface area (Å²) in [5.74, 6) is 2.47. The smallest absolute Gasteiger partial charge is 0.243 e. The average Bonchev–Trinajstić information content (AvgIpc) is 3.28. The number of rotatable bonds is 5. The molecule has 8 heteroatoms. The molecule has 0 amide bonds. The Balaban J connectivity index is 1.34. The van der Waals surface area contributed by atoms with Gasteiger partial charge in [0.1, 0.15) is 5.82 Å². The van der Waals surface area contributed by atoms with Crippen molar-refractivity contribution in [3.63, 3.8) is 0 Å². The molecule has 25 heavy (non-hydrogen) atoms. The molecule has 0 radical (unpaired) electrons. The molecule has 1 atom stereocenters. The zero-order valence-corrected chi connectivity index (χ0v) is 14.6. The number of piperazine rings is 1. The van der Waals surface area contributed by atoms with Gasteiger partial charge in [-0.05, 0) is 19.1 Å². The lowest BCUT2D eigenvalue weighted by Crippen LogP contribution is -2.46. The number of nitrogens with one attached hydrogen (secondary N) is 1. The lowest BCUT2D eigenvalue weighted by molar-refractivity contribution is 0.0833. The van der Waals surface area contributed by atoms with Crippen molar-refractivity contribution in [3.05, 3.63) is 35.9 Å². The highest BCUT2D eigenvalue weighted by molar-refractivity contribution is 5.69. The fourth-order valence-corrected chi connectivity index (χ4v) is 3.23. The summed E-state index contributed by atoms with van der Waals surface area (Å²) in [6.07, 6.45) is 2.57. The van der Waals surface area contributed by atoms with E-state index in [9.17, 15) is 0 Å². The summed E-state index contributed by atoms with van der Waals surface area (Å²) in [6.45, 7) is 8.92. The third-order valence-electron chi connectivity index (χ3n) is 4.79. The Hall–Kier alpha value is -2.32. The number of H-pyrrole nitrogens is 1. The van der Waals surface area contributed by atoms with Crippen LogP contribution in [-0.2, 0) is 13.0 Å². The van der Waals surface area contributed by atoms with E-state index < -0.39 is 0 Å². The van der Waals surface area contributed by atoms with Crippen molar-refractivity contribution >= 4 is 11.2 Å². The summed E-state index contributed by atoms with van der Waals surface area (Å²) >= 11 is 0. The minimum Gasteiger partial charge on any atom is -0.340 e. The molecule has 0 spiro atoms. The van der Waals surface area contributed by atoms with Gasteiger partial charge >= 0.3 is 0 Å². The lowest BCUT2D eigenvalue weighted by atomic mass is 10.2. The molecule has 0 saturated carbocycles. The number of hydrogen-bond donors (Lipinski definition) is 1. The maximum atomic E-state index is 5.39. The van der Waals surface area contributed by atoms with E-state index in [0.29, 0.717) is 5.89 Å². The zero-order chi connectivity index (χ0) is 17.2. The standard InChI is InChI=1S/C17H23N7O/c1-3-14-21-17(25-22-14)12(2)24-9-7-23(8-10-24)11-15-19-13-5-4-6-18-16(13)20-15/h4-6,12H,3,7-11H2,1-2H3,(H,18,19,20)/t12-/m1/s1. The molecule has 1 aliphatic rings. The van der Waals surface area contributed by atoms with Crippen LogP contribution in [0.1, 0.15) is 37.4 Å². The van der Waals surface area contributed by atoms with Gasteiger partial charge in [0.15, 0.2) is 11.5 Å². The second-order valence-electron chi connectivity index (χ2n) is 6.45. The summed E-state index contributed by atoms with van der Waals surface area (Å²) in [5, 5.41) is 4.00. The van der Waals surface area contributed by atoms with E-state index in [1.807, 2.05) is 19.1 Å². The first-order valence-electron chi connectivity index (χ1n) is 8.81. The molecule has 1 aliphatic heterocycles. The molecule has 4 heterocycles. The number of fused-ring (bicyclic) bond motifs is 1. The first-order valence-corrected chi connectivity index (χ1v) is 8.81. The van der Waals surface area contributed by atoms with Gasteiger partial charge in [-0.2, -0.15) is 4.98 Å². The SMILES string of the molecule is CCc1noc([C@@H](C)N2CCN(Cc3nc4ncccc4[nH]3)CC2)n1. The Labute approximate surface area is 146 Å². The normalized spacial score (nSPS) is 18.0. The molecular weight excluding hydrogens is 318 g/mol. The van der Waals surface area contributed by atoms with Gasteiger partial charge in [-0.1, -0.05) is 12.1 Å². The third-order valence-corrected chi connectivity index (χ3v) is 4.79. The fraction of sp³-hybridized carbons (Fsp3) is 0.529. The molecule has 4 rings (SSSR count). The summed E-state index contributed by atoms with van der Waals surface area (Å²) in [7, 11) is 0. The molecule has 1 N–H and O–H groups in total. The number of aryl methyl sites for hydroxylation is 1. The highest BCUT2D eigenvalue weighted by Gasteiger charge is 2.26. The second-order valence-corrected chi connectivity index (χ2v) is 6.45. The van der Waals surface area contributed by atoms with Gasteiger partial charge in [0.25, 0.3) is 0 Å². The van der Waals surface area contributed by atoms with Crippen molar-refractivity contribution in [2.45, 2.75) is 32.9 Å². The van der Waals surface area contributed by atoms with Crippen molar-refractivity contribution < 1.29 is 4.52 Å². The number of pyridine rings is 1. The molecule has 0 bridgehead atoms. The van der Waals surface area contributed by atoms with Crippen LogP contribution in [0.15, 0.2) is 22.9 Å². The van der Waals surface area contributed by atoms with Crippen LogP contribution < -0.4 is 0 Å². The van der Waals surface area contributed by atoms with Crippen LogP contribution in [0.3, 0.4) is 0 Å². The van der Waals surface area contributed by atoms with Gasteiger partial charge in [0.2, 0.25) is 5.89 Å². The monoisotopic (exact) mass is 341 g/mol. The van der Waals surface area contributed by atoms with Gasteiger partial charge < -0.3 is 9.51 Å². The first kappa shape index (κ1) is 16.2. The highest BCUT2D eigenvalue weighted by atomic mass is 16.5. The predicted molar refractivity (Wildman–Crippen MR) is 92.8 cm³/mol. The summed E-state index contributed by atoms with van der Waals surface area (Å²) in [5.41, 5.74) is 1.78. The Bertz CT molecular complexity index is 801. The molecule has 1 saturated heterocycles. The quantitative estimate of drug-likeness (QED) is 0.757. The van der Waals surface area contributed by atoms with Crippen LogP contribution in [0.2, 0.25) is 0 Å². The Kier molecular flexibility index (Phi) is 4.46. The third kappa shape index (κ3) is 3.40. The molecule has 132 valence electrons. The Morgan fingerprint density at radius 1 is 1.24 bits per heavy atom. The Morgan fingerprint density at radius 3 is 2.80 bits per heavy atom. The van der Waals surface area contributed by atoms with E-state index in [-0.39, 0.29) is 6.04 Å². The van der Waals surface area contributed by atoms with Gasteiger partial charge in [-0.3, -0.25) is 9.80 Å². The fourth-order valence-electron chi connectivity index (χ4n) is 3.23. The van der Waals surface area contributed by atoms with Gasteiger partial charge in [-0.15, -0.1) is 0 Å². The molecule has 0 unspecified atom stereocenters. The van der Waals surface area contributed by atoms with Crippen molar-refractivity contribution in [3.8, 4) is 0 Å². The van der Waals surface area contributed by atoms with E-state index in [0.717, 1.165) is 62.0 Å². The maximum Gasteiger partial charge on any atom is 0.243 e. The van der Waals surface area contributed by atoms with E-state index in [1.165, 1.54) is 0 Å². The van der Waals surface area contributed by atoms with Crippen molar-refractivity contribution in [1.82, 2.24) is 34.9 Å². The van der Waals surface area contributed by atoms with Crippen LogP contribution in [0.5, 0.6) is 0 Å².